The Bertz CT molecular complexity index is 1600. The molecule has 2 unspecified atom stereocenters. The molecule has 0 aliphatic heterocycles. The van der Waals surface area contributed by atoms with Gasteiger partial charge in [0.25, 0.3) is 0 Å². The summed E-state index contributed by atoms with van der Waals surface area (Å²) in [5.41, 5.74) is 5.40. The minimum absolute atomic E-state index is 0.0512. The highest BCUT2D eigenvalue weighted by atomic mass is 31.2. The summed E-state index contributed by atoms with van der Waals surface area (Å²) in [6.07, 6.45) is 88.2. The summed E-state index contributed by atoms with van der Waals surface area (Å²) >= 11 is 0. The van der Waals surface area contributed by atoms with Gasteiger partial charge in [-0.1, -0.05) is 304 Å². The lowest BCUT2D eigenvalue weighted by Gasteiger charge is -2.19. The highest BCUT2D eigenvalue weighted by Crippen LogP contribution is 2.43. The third-order valence-electron chi connectivity index (χ3n) is 14.8. The number of allylic oxidation sites excluding steroid dienone is 14. The van der Waals surface area contributed by atoms with E-state index < -0.39 is 26.5 Å². The maximum absolute atomic E-state index is 12.8. The molecule has 0 heterocycles. The molecule has 0 saturated carbocycles. The number of hydrogen-bond acceptors (Lipinski definition) is 8. The second-order valence-corrected chi connectivity index (χ2v) is 24.1. The van der Waals surface area contributed by atoms with E-state index in [-0.39, 0.29) is 38.6 Å². The van der Waals surface area contributed by atoms with Crippen molar-refractivity contribution in [3.8, 4) is 0 Å². The SMILES string of the molecule is CC/C=C\C/C=C\C/C=C\C/C=C\CCCCCCCCCCCCCCCCCCCCCCCCCCC(=O)OC(COC(=O)CCCCCCCCCC/C=C\C/C=C\C/C=C\CCCCCCC)COP(=O)(O)OCCN. The van der Waals surface area contributed by atoms with Crippen LogP contribution in [0.2, 0.25) is 0 Å². The second kappa shape index (κ2) is 66.3. The quantitative estimate of drug-likeness (QED) is 0.0264. The van der Waals surface area contributed by atoms with Gasteiger partial charge in [-0.2, -0.15) is 0 Å². The molecule has 0 saturated heterocycles. The fourth-order valence-corrected chi connectivity index (χ4v) is 10.5. The van der Waals surface area contributed by atoms with Crippen molar-refractivity contribution in [2.24, 2.45) is 5.73 Å². The predicted octanol–water partition coefficient (Wildman–Crippen LogP) is 22.2. The van der Waals surface area contributed by atoms with Gasteiger partial charge in [0.15, 0.2) is 6.10 Å². The van der Waals surface area contributed by atoms with Crippen LogP contribution in [0.25, 0.3) is 0 Å². The molecule has 0 radical (unpaired) electrons. The Kier molecular flexibility index (Phi) is 64.0. The lowest BCUT2D eigenvalue weighted by atomic mass is 10.0. The van der Waals surface area contributed by atoms with Gasteiger partial charge in [-0.3, -0.25) is 18.6 Å². The number of ether oxygens (including phenoxy) is 2. The molecule has 0 bridgehead atoms. The Hall–Kier alpha value is -2.81. The Balaban J connectivity index is 3.84. The van der Waals surface area contributed by atoms with Crippen molar-refractivity contribution in [2.75, 3.05) is 26.4 Å². The van der Waals surface area contributed by atoms with Crippen LogP contribution in [-0.2, 0) is 32.7 Å². The van der Waals surface area contributed by atoms with Gasteiger partial charge in [0.2, 0.25) is 0 Å². The van der Waals surface area contributed by atoms with Gasteiger partial charge < -0.3 is 20.1 Å². The maximum atomic E-state index is 12.8. The molecular formula is C71H128NO8P. The minimum Gasteiger partial charge on any atom is -0.462 e. The second-order valence-electron chi connectivity index (χ2n) is 22.7. The number of esters is 2. The molecule has 3 N–H and O–H groups in total. The smallest absolute Gasteiger partial charge is 0.462 e. The van der Waals surface area contributed by atoms with Gasteiger partial charge in [-0.25, -0.2) is 4.57 Å². The lowest BCUT2D eigenvalue weighted by molar-refractivity contribution is -0.161. The topological polar surface area (TPSA) is 134 Å². The lowest BCUT2D eigenvalue weighted by Crippen LogP contribution is -2.29. The van der Waals surface area contributed by atoms with Crippen molar-refractivity contribution in [1.29, 1.82) is 0 Å². The first-order valence-electron chi connectivity index (χ1n) is 34.1. The first kappa shape index (κ1) is 78.2. The highest BCUT2D eigenvalue weighted by Gasteiger charge is 2.26. The van der Waals surface area contributed by atoms with Gasteiger partial charge in [-0.15, -0.1) is 0 Å². The van der Waals surface area contributed by atoms with Crippen LogP contribution in [0.5, 0.6) is 0 Å². The molecule has 0 aromatic heterocycles. The highest BCUT2D eigenvalue weighted by molar-refractivity contribution is 7.47. The van der Waals surface area contributed by atoms with Gasteiger partial charge >= 0.3 is 19.8 Å². The van der Waals surface area contributed by atoms with Crippen LogP contribution in [0.3, 0.4) is 0 Å². The third kappa shape index (κ3) is 66.2. The zero-order valence-electron chi connectivity index (χ0n) is 52.8. The summed E-state index contributed by atoms with van der Waals surface area (Å²) in [7, 11) is -4.40. The number of nitrogens with two attached hydrogens (primary N) is 1. The molecule has 0 amide bonds. The van der Waals surface area contributed by atoms with E-state index in [0.29, 0.717) is 6.42 Å². The maximum Gasteiger partial charge on any atom is 0.472 e. The summed E-state index contributed by atoms with van der Waals surface area (Å²) < 4.78 is 33.1. The normalized spacial score (nSPS) is 13.5. The standard InChI is InChI=1S/C71H128NO8P/c1-3-5-7-9-11-13-15-17-19-21-23-25-27-28-29-30-31-32-33-34-35-36-37-38-39-40-42-44-46-48-50-52-54-56-58-60-62-64-71(74)80-69(68-79-81(75,76)78-66-65-72)67-77-70(73)63-61-59-57-55-53-51-49-47-45-43-41-26-24-22-20-18-16-14-12-10-8-6-4-2/h5,7,11,13,16-19,22-25,41,43,69H,3-4,6,8-10,12,14-15,20-21,26-40,42,44-68,72H2,1-2H3,(H,75,76)/b7-5-,13-11-,18-16-,19-17-,24-22-,25-23-,43-41-. The van der Waals surface area contributed by atoms with Crippen LogP contribution in [-0.4, -0.2) is 49.3 Å². The molecule has 0 aliphatic rings. The number of hydrogen-bond donors (Lipinski definition) is 2. The zero-order valence-corrected chi connectivity index (χ0v) is 53.7. The fraction of sp³-hybridized carbons (Fsp3) is 0.775. The van der Waals surface area contributed by atoms with Crippen LogP contribution in [0.15, 0.2) is 85.1 Å². The Morgan fingerprint density at radius 2 is 0.679 bits per heavy atom. The Labute approximate surface area is 500 Å². The van der Waals surface area contributed by atoms with Crippen LogP contribution < -0.4 is 5.73 Å². The van der Waals surface area contributed by atoms with E-state index in [2.05, 4.69) is 98.9 Å². The largest absolute Gasteiger partial charge is 0.472 e. The molecular weight excluding hydrogens is 1030 g/mol. The van der Waals surface area contributed by atoms with E-state index in [0.717, 1.165) is 83.5 Å². The molecule has 9 nitrogen and oxygen atoms in total. The monoisotopic (exact) mass is 1150 g/mol. The Morgan fingerprint density at radius 3 is 1.01 bits per heavy atom. The third-order valence-corrected chi connectivity index (χ3v) is 15.7. The van der Waals surface area contributed by atoms with E-state index in [1.54, 1.807) is 0 Å². The summed E-state index contributed by atoms with van der Waals surface area (Å²) in [5.74, 6) is -0.824. The van der Waals surface area contributed by atoms with E-state index in [1.807, 2.05) is 0 Å². The number of carbonyl (C=O) groups is 2. The predicted molar refractivity (Wildman–Crippen MR) is 349 cm³/mol. The average Bonchev–Trinajstić information content (AvgIpc) is 3.46. The minimum atomic E-state index is -4.40. The van der Waals surface area contributed by atoms with Crippen LogP contribution in [0.1, 0.15) is 322 Å². The van der Waals surface area contributed by atoms with Crippen molar-refractivity contribution in [3.05, 3.63) is 85.1 Å². The van der Waals surface area contributed by atoms with Crippen LogP contribution >= 0.6 is 7.82 Å². The van der Waals surface area contributed by atoms with Gasteiger partial charge in [-0.05, 0) is 89.9 Å². The zero-order chi connectivity index (χ0) is 58.7. The first-order valence-corrected chi connectivity index (χ1v) is 35.6. The number of phosphoric acid groups is 1. The van der Waals surface area contributed by atoms with Crippen molar-refractivity contribution in [3.63, 3.8) is 0 Å². The van der Waals surface area contributed by atoms with Crippen LogP contribution in [0.4, 0.5) is 0 Å². The number of phosphoric ester groups is 1. The van der Waals surface area contributed by atoms with Crippen molar-refractivity contribution >= 4 is 19.8 Å². The van der Waals surface area contributed by atoms with Gasteiger partial charge in [0.05, 0.1) is 13.2 Å². The van der Waals surface area contributed by atoms with E-state index in [9.17, 15) is 19.0 Å². The summed E-state index contributed by atoms with van der Waals surface area (Å²) in [6.45, 7) is 3.65. The van der Waals surface area contributed by atoms with Crippen molar-refractivity contribution < 1.29 is 37.6 Å². The average molecular weight is 1150 g/mol. The number of carbonyl (C=O) groups excluding carboxylic acids is 2. The summed E-state index contributed by atoms with van der Waals surface area (Å²) in [5, 5.41) is 0. The van der Waals surface area contributed by atoms with E-state index in [1.165, 1.54) is 205 Å². The molecule has 0 rings (SSSR count). The molecule has 10 heteroatoms. The molecule has 2 atom stereocenters. The molecule has 0 fully saturated rings. The molecule has 0 aromatic carbocycles. The van der Waals surface area contributed by atoms with E-state index in [4.69, 9.17) is 24.3 Å². The van der Waals surface area contributed by atoms with Gasteiger partial charge in [0, 0.05) is 19.4 Å². The van der Waals surface area contributed by atoms with E-state index >= 15 is 0 Å². The first-order chi connectivity index (χ1) is 39.8. The summed E-state index contributed by atoms with van der Waals surface area (Å²) in [6, 6.07) is 0. The molecule has 0 spiro atoms. The van der Waals surface area contributed by atoms with Gasteiger partial charge in [0.1, 0.15) is 6.61 Å². The van der Waals surface area contributed by atoms with Crippen molar-refractivity contribution in [2.45, 2.75) is 328 Å². The summed E-state index contributed by atoms with van der Waals surface area (Å²) in [4.78, 5) is 35.3. The molecule has 470 valence electrons. The number of unbranched alkanes of at least 4 members (excludes halogenated alkanes) is 37. The number of rotatable bonds is 64. The molecule has 0 aromatic rings. The van der Waals surface area contributed by atoms with Crippen molar-refractivity contribution in [1.82, 2.24) is 0 Å². The fourth-order valence-electron chi connectivity index (χ4n) is 9.76. The molecule has 0 aliphatic carbocycles. The molecule has 81 heavy (non-hydrogen) atoms. The van der Waals surface area contributed by atoms with Crippen LogP contribution in [0, 0.1) is 0 Å². The Morgan fingerprint density at radius 1 is 0.383 bits per heavy atom.